The van der Waals surface area contributed by atoms with Gasteiger partial charge in [-0.1, -0.05) is 18.2 Å². The Morgan fingerprint density at radius 3 is 2.41 bits per heavy atom. The molecule has 17 heavy (non-hydrogen) atoms. The van der Waals surface area contributed by atoms with Gasteiger partial charge in [0.2, 0.25) is 5.91 Å². The monoisotopic (exact) mass is 232 g/mol. The summed E-state index contributed by atoms with van der Waals surface area (Å²) in [6.07, 6.45) is 1.72. The van der Waals surface area contributed by atoms with Gasteiger partial charge in [-0.3, -0.25) is 4.79 Å². The first-order valence-electron chi connectivity index (χ1n) is 5.62. The predicted molar refractivity (Wildman–Crippen MR) is 71.7 cm³/mol. The number of nitrogens with two attached hydrogens (primary N) is 1. The molecule has 0 atom stereocenters. The van der Waals surface area contributed by atoms with Crippen molar-refractivity contribution >= 4 is 11.6 Å². The Labute approximate surface area is 103 Å². The zero-order valence-corrected chi connectivity index (χ0v) is 10.7. The van der Waals surface area contributed by atoms with Crippen molar-refractivity contribution in [3.63, 3.8) is 0 Å². The van der Waals surface area contributed by atoms with Crippen molar-refractivity contribution < 1.29 is 4.79 Å². The number of benzene rings is 1. The number of nitrogens with zero attached hydrogens (tertiary/aromatic N) is 1. The number of carbonyl (C=O) groups is 1. The molecular weight excluding hydrogens is 212 g/mol. The van der Waals surface area contributed by atoms with Gasteiger partial charge in [0.25, 0.3) is 0 Å². The van der Waals surface area contributed by atoms with Gasteiger partial charge in [-0.25, -0.2) is 0 Å². The van der Waals surface area contributed by atoms with Crippen molar-refractivity contribution in [1.82, 2.24) is 4.90 Å². The summed E-state index contributed by atoms with van der Waals surface area (Å²) in [6, 6.07) is 7.43. The van der Waals surface area contributed by atoms with E-state index in [1.165, 1.54) is 0 Å². The van der Waals surface area contributed by atoms with Crippen LogP contribution in [0.2, 0.25) is 0 Å². The molecule has 0 aliphatic carbocycles. The molecule has 0 spiro atoms. The number of nitrogen functional groups attached to an aromatic ring is 1. The third-order valence-corrected chi connectivity index (χ3v) is 2.92. The van der Waals surface area contributed by atoms with Gasteiger partial charge in [-0.05, 0) is 31.5 Å². The maximum Gasteiger partial charge on any atom is 0.232 e. The fourth-order valence-corrected chi connectivity index (χ4v) is 1.78. The van der Waals surface area contributed by atoms with Crippen LogP contribution in [0.1, 0.15) is 19.4 Å². The summed E-state index contributed by atoms with van der Waals surface area (Å²) in [5.41, 5.74) is 6.77. The van der Waals surface area contributed by atoms with Crippen LogP contribution >= 0.6 is 0 Å². The number of rotatable bonds is 4. The molecule has 0 aromatic heterocycles. The molecule has 0 aliphatic rings. The second-order valence-corrected chi connectivity index (χ2v) is 4.72. The molecule has 3 heteroatoms. The second-order valence-electron chi connectivity index (χ2n) is 4.72. The molecule has 0 radical (unpaired) electrons. The first-order chi connectivity index (χ1) is 7.89. The third kappa shape index (κ3) is 2.87. The minimum Gasteiger partial charge on any atom is -0.399 e. The average Bonchev–Trinajstić information content (AvgIpc) is 2.29. The van der Waals surface area contributed by atoms with Crippen molar-refractivity contribution in [2.45, 2.75) is 19.3 Å². The molecule has 1 amide bonds. The van der Waals surface area contributed by atoms with Crippen molar-refractivity contribution in [2.24, 2.45) is 0 Å². The quantitative estimate of drug-likeness (QED) is 0.639. The highest BCUT2D eigenvalue weighted by Crippen LogP contribution is 2.26. The standard InChI is InChI=1S/C14H20N2O/c1-5-10-16(4)13(17)14(2,3)11-6-8-12(15)9-7-11/h5-9H,1,10,15H2,2-4H3. The maximum atomic E-state index is 12.3. The molecule has 1 aromatic carbocycles. The number of carbonyl (C=O) groups excluding carboxylic acids is 1. The number of anilines is 1. The summed E-state index contributed by atoms with van der Waals surface area (Å²) in [5.74, 6) is 0.0715. The number of hydrogen-bond donors (Lipinski definition) is 1. The van der Waals surface area contributed by atoms with Crippen LogP contribution < -0.4 is 5.73 Å². The van der Waals surface area contributed by atoms with Gasteiger partial charge in [0, 0.05) is 19.3 Å². The van der Waals surface area contributed by atoms with Crippen LogP contribution in [0, 0.1) is 0 Å². The van der Waals surface area contributed by atoms with Crippen LogP contribution in [0.15, 0.2) is 36.9 Å². The average molecular weight is 232 g/mol. The Morgan fingerprint density at radius 2 is 1.94 bits per heavy atom. The highest BCUT2D eigenvalue weighted by molar-refractivity contribution is 5.87. The summed E-state index contributed by atoms with van der Waals surface area (Å²) in [7, 11) is 1.78. The van der Waals surface area contributed by atoms with Gasteiger partial charge >= 0.3 is 0 Å². The summed E-state index contributed by atoms with van der Waals surface area (Å²) in [5, 5.41) is 0. The SMILES string of the molecule is C=CCN(C)C(=O)C(C)(C)c1ccc(N)cc1. The summed E-state index contributed by atoms with van der Waals surface area (Å²) in [6.45, 7) is 8.03. The predicted octanol–water partition coefficient (Wildman–Crippen LogP) is 2.19. The molecule has 2 N–H and O–H groups in total. The van der Waals surface area contributed by atoms with Gasteiger partial charge < -0.3 is 10.6 Å². The van der Waals surface area contributed by atoms with Gasteiger partial charge in [0.05, 0.1) is 5.41 Å². The zero-order chi connectivity index (χ0) is 13.1. The molecular formula is C14H20N2O. The Kier molecular flexibility index (Phi) is 3.94. The molecule has 0 aliphatic heterocycles. The minimum atomic E-state index is -0.550. The summed E-state index contributed by atoms with van der Waals surface area (Å²) < 4.78 is 0. The van der Waals surface area contributed by atoms with Crippen LogP contribution in [0.4, 0.5) is 5.69 Å². The van der Waals surface area contributed by atoms with E-state index in [9.17, 15) is 4.79 Å². The van der Waals surface area contributed by atoms with Gasteiger partial charge in [0.1, 0.15) is 0 Å². The first kappa shape index (κ1) is 13.3. The maximum absolute atomic E-state index is 12.3. The molecule has 3 nitrogen and oxygen atoms in total. The van der Waals surface area contributed by atoms with Crippen LogP contribution in [-0.4, -0.2) is 24.4 Å². The Morgan fingerprint density at radius 1 is 1.41 bits per heavy atom. The lowest BCUT2D eigenvalue weighted by Gasteiger charge is -2.29. The molecule has 92 valence electrons. The first-order valence-corrected chi connectivity index (χ1v) is 5.62. The fourth-order valence-electron chi connectivity index (χ4n) is 1.78. The van der Waals surface area contributed by atoms with Crippen LogP contribution in [0.3, 0.4) is 0 Å². The Hall–Kier alpha value is -1.77. The van der Waals surface area contributed by atoms with Gasteiger partial charge in [0.15, 0.2) is 0 Å². The largest absolute Gasteiger partial charge is 0.399 e. The lowest BCUT2D eigenvalue weighted by atomic mass is 9.83. The molecule has 1 aromatic rings. The fraction of sp³-hybridized carbons (Fsp3) is 0.357. The second kappa shape index (κ2) is 5.04. The van der Waals surface area contributed by atoms with E-state index in [-0.39, 0.29) is 5.91 Å². The molecule has 0 unspecified atom stereocenters. The highest BCUT2D eigenvalue weighted by atomic mass is 16.2. The smallest absolute Gasteiger partial charge is 0.232 e. The summed E-state index contributed by atoms with van der Waals surface area (Å²) in [4.78, 5) is 14.0. The van der Waals surface area contributed by atoms with E-state index in [2.05, 4.69) is 6.58 Å². The summed E-state index contributed by atoms with van der Waals surface area (Å²) >= 11 is 0. The van der Waals surface area contributed by atoms with E-state index in [4.69, 9.17) is 5.73 Å². The number of likely N-dealkylation sites (N-methyl/N-ethyl adjacent to an activating group) is 1. The number of amides is 1. The van der Waals surface area contributed by atoms with Gasteiger partial charge in [-0.2, -0.15) is 0 Å². The van der Waals surface area contributed by atoms with Crippen molar-refractivity contribution in [2.75, 3.05) is 19.3 Å². The Bertz CT molecular complexity index is 407. The van der Waals surface area contributed by atoms with E-state index in [0.717, 1.165) is 5.56 Å². The van der Waals surface area contributed by atoms with E-state index in [1.807, 2.05) is 38.1 Å². The van der Waals surface area contributed by atoms with Crippen LogP contribution in [0.25, 0.3) is 0 Å². The minimum absolute atomic E-state index is 0.0715. The lowest BCUT2D eigenvalue weighted by Crippen LogP contribution is -2.41. The van der Waals surface area contributed by atoms with Crippen LogP contribution in [-0.2, 0) is 10.2 Å². The van der Waals surface area contributed by atoms with Crippen molar-refractivity contribution in [3.8, 4) is 0 Å². The molecule has 1 rings (SSSR count). The van der Waals surface area contributed by atoms with E-state index >= 15 is 0 Å². The molecule has 0 saturated carbocycles. The molecule has 0 heterocycles. The molecule has 0 fully saturated rings. The van der Waals surface area contributed by atoms with Crippen molar-refractivity contribution in [3.05, 3.63) is 42.5 Å². The third-order valence-electron chi connectivity index (χ3n) is 2.92. The normalized spacial score (nSPS) is 11.0. The van der Waals surface area contributed by atoms with Gasteiger partial charge in [-0.15, -0.1) is 6.58 Å². The van der Waals surface area contributed by atoms with E-state index < -0.39 is 5.41 Å². The number of hydrogen-bond acceptors (Lipinski definition) is 2. The van der Waals surface area contributed by atoms with Crippen LogP contribution in [0.5, 0.6) is 0 Å². The van der Waals surface area contributed by atoms with E-state index in [1.54, 1.807) is 18.0 Å². The topological polar surface area (TPSA) is 46.3 Å². The molecule has 0 saturated heterocycles. The Balaban J connectivity index is 2.97. The zero-order valence-electron chi connectivity index (χ0n) is 10.7. The highest BCUT2D eigenvalue weighted by Gasteiger charge is 2.31. The van der Waals surface area contributed by atoms with Crippen molar-refractivity contribution in [1.29, 1.82) is 0 Å². The van der Waals surface area contributed by atoms with E-state index in [0.29, 0.717) is 12.2 Å². The molecule has 0 bridgehead atoms. The lowest BCUT2D eigenvalue weighted by molar-refractivity contribution is -0.134.